The molecule has 2 aromatic heterocycles. The molecule has 128 valence electrons. The van der Waals surface area contributed by atoms with Gasteiger partial charge in [0.05, 0.1) is 11.9 Å². The molecule has 0 unspecified atom stereocenters. The Bertz CT molecular complexity index is 895. The molecule has 1 aromatic carbocycles. The van der Waals surface area contributed by atoms with Gasteiger partial charge in [-0.1, -0.05) is 18.6 Å². The molecule has 0 bridgehead atoms. The van der Waals surface area contributed by atoms with Gasteiger partial charge in [-0.25, -0.2) is 14.4 Å². The van der Waals surface area contributed by atoms with Gasteiger partial charge in [0.1, 0.15) is 15.7 Å². The van der Waals surface area contributed by atoms with E-state index in [1.54, 1.807) is 29.5 Å². The highest BCUT2D eigenvalue weighted by Crippen LogP contribution is 2.31. The van der Waals surface area contributed by atoms with E-state index >= 15 is 0 Å². The third kappa shape index (κ3) is 3.48. The Morgan fingerprint density at radius 2 is 1.96 bits per heavy atom. The maximum absolute atomic E-state index is 13.9. The highest BCUT2D eigenvalue weighted by molar-refractivity contribution is 7.17. The summed E-state index contributed by atoms with van der Waals surface area (Å²) in [5.74, 6) is -0.587. The second-order valence-corrected chi connectivity index (χ2v) is 8.03. The maximum atomic E-state index is 13.9. The molecule has 4 rings (SSSR count). The number of carbonyl (C=O) groups is 1. The van der Waals surface area contributed by atoms with Gasteiger partial charge in [0.2, 0.25) is 0 Å². The Kier molecular flexibility index (Phi) is 4.59. The lowest BCUT2D eigenvalue weighted by Gasteiger charge is -1.99. The van der Waals surface area contributed by atoms with Crippen molar-refractivity contribution in [2.45, 2.75) is 32.1 Å². The van der Waals surface area contributed by atoms with Crippen LogP contribution in [0.25, 0.3) is 10.6 Å². The summed E-state index contributed by atoms with van der Waals surface area (Å²) in [6, 6.07) is 6.43. The number of aromatic nitrogens is 2. The van der Waals surface area contributed by atoms with Gasteiger partial charge in [-0.2, -0.15) is 0 Å². The van der Waals surface area contributed by atoms with E-state index in [1.807, 2.05) is 0 Å². The lowest BCUT2D eigenvalue weighted by atomic mass is 10.2. The number of thiazole rings is 2. The van der Waals surface area contributed by atoms with E-state index in [-0.39, 0.29) is 11.7 Å². The van der Waals surface area contributed by atoms with Crippen molar-refractivity contribution in [2.24, 2.45) is 0 Å². The van der Waals surface area contributed by atoms with Crippen LogP contribution in [0, 0.1) is 5.82 Å². The van der Waals surface area contributed by atoms with Crippen molar-refractivity contribution in [2.75, 3.05) is 5.32 Å². The number of amides is 1. The van der Waals surface area contributed by atoms with Crippen LogP contribution in [0.15, 0.2) is 30.5 Å². The molecule has 1 aliphatic rings. The molecule has 0 spiro atoms. The fourth-order valence-electron chi connectivity index (χ4n) is 2.88. The summed E-state index contributed by atoms with van der Waals surface area (Å²) in [4.78, 5) is 22.9. The maximum Gasteiger partial charge on any atom is 0.269 e. The average Bonchev–Trinajstić information content (AvgIpc) is 3.18. The van der Waals surface area contributed by atoms with Crippen LogP contribution in [0.3, 0.4) is 0 Å². The summed E-state index contributed by atoms with van der Waals surface area (Å²) in [7, 11) is 0. The first kappa shape index (κ1) is 16.4. The number of anilines is 1. The molecule has 0 atom stereocenters. The van der Waals surface area contributed by atoms with Gasteiger partial charge in [0.25, 0.3) is 5.91 Å². The van der Waals surface area contributed by atoms with E-state index < -0.39 is 0 Å². The minimum atomic E-state index is -0.340. The molecule has 2 heterocycles. The fourth-order valence-corrected chi connectivity index (χ4v) is 4.76. The molecule has 1 aliphatic carbocycles. The van der Waals surface area contributed by atoms with Crippen LogP contribution in [0.4, 0.5) is 9.52 Å². The van der Waals surface area contributed by atoms with Crippen LogP contribution in [0.1, 0.15) is 39.5 Å². The van der Waals surface area contributed by atoms with Crippen LogP contribution < -0.4 is 5.32 Å². The molecule has 1 amide bonds. The number of rotatable bonds is 3. The monoisotopic (exact) mass is 373 g/mol. The number of benzene rings is 1. The van der Waals surface area contributed by atoms with Crippen LogP contribution >= 0.6 is 22.7 Å². The fraction of sp³-hybridized carbons (Fsp3) is 0.278. The zero-order chi connectivity index (χ0) is 17.2. The predicted molar refractivity (Wildman–Crippen MR) is 98.8 cm³/mol. The van der Waals surface area contributed by atoms with Gasteiger partial charge >= 0.3 is 0 Å². The van der Waals surface area contributed by atoms with Crippen molar-refractivity contribution < 1.29 is 9.18 Å². The minimum Gasteiger partial charge on any atom is -0.297 e. The number of nitrogens with one attached hydrogen (secondary N) is 1. The second kappa shape index (κ2) is 7.01. The van der Waals surface area contributed by atoms with E-state index in [0.29, 0.717) is 20.6 Å². The van der Waals surface area contributed by atoms with E-state index in [1.165, 1.54) is 41.3 Å². The molecule has 0 saturated carbocycles. The molecule has 0 fully saturated rings. The summed E-state index contributed by atoms with van der Waals surface area (Å²) < 4.78 is 13.9. The highest BCUT2D eigenvalue weighted by atomic mass is 32.1. The summed E-state index contributed by atoms with van der Waals surface area (Å²) in [6.07, 6.45) is 7.10. The lowest BCUT2D eigenvalue weighted by Crippen LogP contribution is -2.09. The molecule has 0 saturated heterocycles. The van der Waals surface area contributed by atoms with Gasteiger partial charge < -0.3 is 0 Å². The Labute approximate surface area is 152 Å². The lowest BCUT2D eigenvalue weighted by molar-refractivity contribution is 0.103. The van der Waals surface area contributed by atoms with Crippen LogP contribution in [0.2, 0.25) is 0 Å². The molecular weight excluding hydrogens is 357 g/mol. The first-order valence-electron chi connectivity index (χ1n) is 8.21. The van der Waals surface area contributed by atoms with Crippen molar-refractivity contribution in [3.8, 4) is 10.6 Å². The molecule has 7 heteroatoms. The zero-order valence-corrected chi connectivity index (χ0v) is 15.1. The molecular formula is C18H16FN3OS2. The average molecular weight is 373 g/mol. The van der Waals surface area contributed by atoms with Crippen LogP contribution in [-0.2, 0) is 12.8 Å². The minimum absolute atomic E-state index is 0.246. The van der Waals surface area contributed by atoms with Crippen molar-refractivity contribution in [3.05, 3.63) is 51.7 Å². The third-order valence-electron chi connectivity index (χ3n) is 4.15. The molecule has 0 radical (unpaired) electrons. The molecule has 3 aromatic rings. The van der Waals surface area contributed by atoms with Crippen LogP contribution in [-0.4, -0.2) is 15.9 Å². The first-order valence-corrected chi connectivity index (χ1v) is 9.84. The highest BCUT2D eigenvalue weighted by Gasteiger charge is 2.18. The number of halogens is 1. The van der Waals surface area contributed by atoms with E-state index in [9.17, 15) is 9.18 Å². The van der Waals surface area contributed by atoms with Crippen molar-refractivity contribution in [3.63, 3.8) is 0 Å². The Morgan fingerprint density at radius 3 is 2.84 bits per heavy atom. The van der Waals surface area contributed by atoms with Gasteiger partial charge in [-0.15, -0.1) is 22.7 Å². The second-order valence-electron chi connectivity index (χ2n) is 5.91. The van der Waals surface area contributed by atoms with E-state index in [0.717, 1.165) is 25.0 Å². The Morgan fingerprint density at radius 1 is 1.12 bits per heavy atom. The smallest absolute Gasteiger partial charge is 0.269 e. The van der Waals surface area contributed by atoms with E-state index in [2.05, 4.69) is 15.3 Å². The van der Waals surface area contributed by atoms with Crippen molar-refractivity contribution in [1.29, 1.82) is 0 Å². The van der Waals surface area contributed by atoms with Crippen LogP contribution in [0.5, 0.6) is 0 Å². The standard InChI is InChI=1S/C18H16FN3OS2/c19-12-7-5-4-6-11(12)17-20-10-15(24-17)16(23)22-18-21-13-8-2-1-3-9-14(13)25-18/h4-7,10H,1-3,8-9H2,(H,21,22,23). The largest absolute Gasteiger partial charge is 0.297 e. The first-order chi connectivity index (χ1) is 12.2. The SMILES string of the molecule is O=C(Nc1nc2c(s1)CCCCC2)c1cnc(-c2ccccc2F)s1. The van der Waals surface area contributed by atoms with Gasteiger partial charge in [0.15, 0.2) is 5.13 Å². The number of fused-ring (bicyclic) bond motifs is 1. The summed E-state index contributed by atoms with van der Waals surface area (Å²) >= 11 is 2.74. The number of hydrogen-bond donors (Lipinski definition) is 1. The number of hydrogen-bond acceptors (Lipinski definition) is 5. The predicted octanol–water partition coefficient (Wildman–Crippen LogP) is 4.93. The quantitative estimate of drug-likeness (QED) is 0.663. The molecule has 4 nitrogen and oxygen atoms in total. The van der Waals surface area contributed by atoms with Gasteiger partial charge in [-0.3, -0.25) is 10.1 Å². The van der Waals surface area contributed by atoms with Gasteiger partial charge in [-0.05, 0) is 37.8 Å². The molecule has 1 N–H and O–H groups in total. The van der Waals surface area contributed by atoms with Gasteiger partial charge in [0, 0.05) is 10.4 Å². The normalized spacial score (nSPS) is 14.0. The Balaban J connectivity index is 1.51. The number of aryl methyl sites for hydroxylation is 2. The zero-order valence-electron chi connectivity index (χ0n) is 13.4. The Hall–Kier alpha value is -2.12. The topological polar surface area (TPSA) is 54.9 Å². The van der Waals surface area contributed by atoms with Crippen molar-refractivity contribution in [1.82, 2.24) is 9.97 Å². The summed E-state index contributed by atoms with van der Waals surface area (Å²) in [6.45, 7) is 0. The third-order valence-corrected chi connectivity index (χ3v) is 6.25. The van der Waals surface area contributed by atoms with Crippen molar-refractivity contribution >= 4 is 33.7 Å². The molecule has 0 aliphatic heterocycles. The summed E-state index contributed by atoms with van der Waals surface area (Å²) in [5, 5.41) is 4.00. The van der Waals surface area contributed by atoms with E-state index in [4.69, 9.17) is 0 Å². The summed E-state index contributed by atoms with van der Waals surface area (Å²) in [5.41, 5.74) is 1.53. The number of nitrogens with zero attached hydrogens (tertiary/aromatic N) is 2. The molecule has 25 heavy (non-hydrogen) atoms. The number of carbonyl (C=O) groups excluding carboxylic acids is 1.